The summed E-state index contributed by atoms with van der Waals surface area (Å²) in [5, 5.41) is 5.02. The van der Waals surface area contributed by atoms with Gasteiger partial charge in [-0.25, -0.2) is 4.79 Å². The predicted octanol–water partition coefficient (Wildman–Crippen LogP) is 2.81. The maximum atomic E-state index is 12.1. The number of carbonyl (C=O) groups is 2. The molecule has 0 saturated carbocycles. The van der Waals surface area contributed by atoms with Crippen LogP contribution in [0.5, 0.6) is 0 Å². The minimum absolute atomic E-state index is 0.0415. The molecule has 0 aliphatic carbocycles. The summed E-state index contributed by atoms with van der Waals surface area (Å²) in [7, 11) is 0. The highest BCUT2D eigenvalue weighted by atomic mass is 32.1. The van der Waals surface area contributed by atoms with Crippen molar-refractivity contribution in [2.24, 2.45) is 5.92 Å². The predicted molar refractivity (Wildman–Crippen MR) is 103 cm³/mol. The van der Waals surface area contributed by atoms with E-state index in [1.165, 1.54) is 24.2 Å². The van der Waals surface area contributed by atoms with Gasteiger partial charge in [0.05, 0.1) is 11.5 Å². The molecular weight excluding hydrogens is 350 g/mol. The maximum absolute atomic E-state index is 12.1. The van der Waals surface area contributed by atoms with E-state index in [1.807, 2.05) is 29.3 Å². The van der Waals surface area contributed by atoms with Crippen LogP contribution in [-0.4, -0.2) is 67.2 Å². The van der Waals surface area contributed by atoms with Crippen molar-refractivity contribution in [3.63, 3.8) is 0 Å². The number of carbonyl (C=O) groups excluding carboxylic acids is 2. The first-order valence-corrected chi connectivity index (χ1v) is 10.5. The van der Waals surface area contributed by atoms with E-state index in [0.717, 1.165) is 50.4 Å². The lowest BCUT2D eigenvalue weighted by Gasteiger charge is -2.42. The molecule has 2 aliphatic rings. The Morgan fingerprint density at radius 2 is 2.08 bits per heavy atom. The number of ether oxygens (including phenoxy) is 1. The van der Waals surface area contributed by atoms with Gasteiger partial charge in [0.15, 0.2) is 0 Å². The van der Waals surface area contributed by atoms with Crippen molar-refractivity contribution in [2.45, 2.75) is 38.6 Å². The zero-order valence-corrected chi connectivity index (χ0v) is 16.3. The Hall–Kier alpha value is -1.60. The van der Waals surface area contributed by atoms with Crippen LogP contribution in [0.2, 0.25) is 0 Å². The summed E-state index contributed by atoms with van der Waals surface area (Å²) in [4.78, 5) is 29.1. The van der Waals surface area contributed by atoms with E-state index < -0.39 is 0 Å². The van der Waals surface area contributed by atoms with Crippen LogP contribution in [0.1, 0.15) is 42.3 Å². The summed E-state index contributed by atoms with van der Waals surface area (Å²) in [5.74, 6) is 0.551. The summed E-state index contributed by atoms with van der Waals surface area (Å²) in [6, 6.07) is 4.31. The molecule has 26 heavy (non-hydrogen) atoms. The number of piperidine rings is 2. The van der Waals surface area contributed by atoms with Crippen molar-refractivity contribution in [2.75, 3.05) is 39.3 Å². The minimum Gasteiger partial charge on any atom is -0.450 e. The average molecular weight is 380 g/mol. The molecule has 2 fully saturated rings. The highest BCUT2D eigenvalue weighted by Crippen LogP contribution is 2.24. The number of amides is 2. The van der Waals surface area contributed by atoms with Crippen molar-refractivity contribution >= 4 is 23.3 Å². The topological polar surface area (TPSA) is 61.9 Å². The number of nitrogens with zero attached hydrogens (tertiary/aromatic N) is 2. The van der Waals surface area contributed by atoms with Gasteiger partial charge in [0, 0.05) is 32.2 Å². The van der Waals surface area contributed by atoms with Crippen LogP contribution in [0.15, 0.2) is 17.5 Å². The Bertz CT molecular complexity index is 585. The number of likely N-dealkylation sites (tertiary alicyclic amines) is 2. The molecule has 7 heteroatoms. The van der Waals surface area contributed by atoms with Crippen molar-refractivity contribution in [1.82, 2.24) is 15.1 Å². The van der Waals surface area contributed by atoms with E-state index in [4.69, 9.17) is 4.74 Å². The van der Waals surface area contributed by atoms with E-state index in [-0.39, 0.29) is 12.0 Å². The molecule has 3 rings (SSSR count). The molecule has 1 N–H and O–H groups in total. The van der Waals surface area contributed by atoms with E-state index in [9.17, 15) is 9.59 Å². The zero-order chi connectivity index (χ0) is 18.4. The fourth-order valence-corrected chi connectivity index (χ4v) is 4.60. The van der Waals surface area contributed by atoms with E-state index >= 15 is 0 Å². The van der Waals surface area contributed by atoms with Crippen LogP contribution < -0.4 is 5.32 Å². The van der Waals surface area contributed by atoms with Crippen LogP contribution in [0.25, 0.3) is 0 Å². The number of hydrogen-bond acceptors (Lipinski definition) is 5. The fraction of sp³-hybridized carbons (Fsp3) is 0.684. The van der Waals surface area contributed by atoms with Gasteiger partial charge >= 0.3 is 6.09 Å². The molecule has 6 nitrogen and oxygen atoms in total. The molecule has 0 radical (unpaired) electrons. The first-order chi connectivity index (χ1) is 12.7. The molecule has 3 heterocycles. The molecule has 2 aliphatic heterocycles. The number of hydrogen-bond donors (Lipinski definition) is 1. The Balaban J connectivity index is 1.42. The lowest BCUT2D eigenvalue weighted by atomic mass is 9.94. The molecule has 144 valence electrons. The molecule has 0 spiro atoms. The average Bonchev–Trinajstić information content (AvgIpc) is 3.22. The minimum atomic E-state index is -0.182. The normalized spacial score (nSPS) is 22.2. The number of rotatable bonds is 5. The van der Waals surface area contributed by atoms with Crippen LogP contribution >= 0.6 is 11.3 Å². The first kappa shape index (κ1) is 19.2. The van der Waals surface area contributed by atoms with Gasteiger partial charge in [-0.1, -0.05) is 6.07 Å². The largest absolute Gasteiger partial charge is 0.450 e. The van der Waals surface area contributed by atoms with Crippen LogP contribution in [0.4, 0.5) is 4.79 Å². The molecule has 1 aromatic rings. The smallest absolute Gasteiger partial charge is 0.409 e. The molecule has 2 amide bonds. The van der Waals surface area contributed by atoms with Gasteiger partial charge in [-0.15, -0.1) is 11.3 Å². The lowest BCUT2D eigenvalue weighted by Crippen LogP contribution is -2.50. The Kier molecular flexibility index (Phi) is 6.91. The molecule has 2 saturated heterocycles. The monoisotopic (exact) mass is 379 g/mol. The Morgan fingerprint density at radius 1 is 1.27 bits per heavy atom. The number of nitrogens with one attached hydrogen (secondary N) is 1. The van der Waals surface area contributed by atoms with Gasteiger partial charge in [-0.05, 0) is 56.5 Å². The quantitative estimate of drug-likeness (QED) is 0.855. The molecule has 1 aromatic heterocycles. The summed E-state index contributed by atoms with van der Waals surface area (Å²) in [6.45, 7) is 6.74. The van der Waals surface area contributed by atoms with E-state index in [0.29, 0.717) is 18.6 Å². The third-order valence-corrected chi connectivity index (χ3v) is 6.22. The van der Waals surface area contributed by atoms with Crippen molar-refractivity contribution in [3.05, 3.63) is 22.4 Å². The van der Waals surface area contributed by atoms with Crippen LogP contribution in [0.3, 0.4) is 0 Å². The molecular formula is C19H29N3O3S. The second-order valence-corrected chi connectivity index (χ2v) is 8.06. The fourth-order valence-electron chi connectivity index (χ4n) is 3.96. The number of thiophene rings is 1. The third kappa shape index (κ3) is 4.98. The highest BCUT2D eigenvalue weighted by Gasteiger charge is 2.30. The SMILES string of the molecule is CCOC(=O)N1CCC(N2CCC[C@@H](CNC(=O)c3cccs3)C2)CC1. The molecule has 0 bridgehead atoms. The van der Waals surface area contributed by atoms with Crippen molar-refractivity contribution < 1.29 is 14.3 Å². The Labute approximate surface area is 159 Å². The second kappa shape index (κ2) is 9.37. The lowest BCUT2D eigenvalue weighted by molar-refractivity contribution is 0.0574. The summed E-state index contributed by atoms with van der Waals surface area (Å²) >= 11 is 1.48. The maximum Gasteiger partial charge on any atom is 0.409 e. The standard InChI is InChI=1S/C19H29N3O3S/c1-2-25-19(24)21-10-7-16(8-11-21)22-9-3-5-15(14-22)13-20-18(23)17-6-4-12-26-17/h4,6,12,15-16H,2-3,5,7-11,13-14H2,1H3,(H,20,23)/t15-/m0/s1. The van der Waals surface area contributed by atoms with Gasteiger partial charge in [-0.2, -0.15) is 0 Å². The second-order valence-electron chi connectivity index (χ2n) is 7.11. The third-order valence-electron chi connectivity index (χ3n) is 5.35. The van der Waals surface area contributed by atoms with Gasteiger partial charge in [0.2, 0.25) is 0 Å². The Morgan fingerprint density at radius 3 is 2.77 bits per heavy atom. The van der Waals surface area contributed by atoms with Crippen LogP contribution in [0, 0.1) is 5.92 Å². The van der Waals surface area contributed by atoms with Gasteiger partial charge in [0.1, 0.15) is 0 Å². The molecule has 0 unspecified atom stereocenters. The van der Waals surface area contributed by atoms with E-state index in [2.05, 4.69) is 10.2 Å². The van der Waals surface area contributed by atoms with Gasteiger partial charge < -0.3 is 15.0 Å². The van der Waals surface area contributed by atoms with E-state index in [1.54, 1.807) is 0 Å². The molecule has 0 aromatic carbocycles. The van der Waals surface area contributed by atoms with Gasteiger partial charge in [0.25, 0.3) is 5.91 Å². The van der Waals surface area contributed by atoms with Crippen molar-refractivity contribution in [1.29, 1.82) is 0 Å². The summed E-state index contributed by atoms with van der Waals surface area (Å²) < 4.78 is 5.10. The highest BCUT2D eigenvalue weighted by molar-refractivity contribution is 7.12. The first-order valence-electron chi connectivity index (χ1n) is 9.64. The van der Waals surface area contributed by atoms with Crippen LogP contribution in [-0.2, 0) is 4.74 Å². The summed E-state index contributed by atoms with van der Waals surface area (Å²) in [6.07, 6.45) is 4.18. The van der Waals surface area contributed by atoms with Gasteiger partial charge in [-0.3, -0.25) is 9.69 Å². The molecule has 1 atom stereocenters. The summed E-state index contributed by atoms with van der Waals surface area (Å²) in [5.41, 5.74) is 0. The zero-order valence-electron chi connectivity index (χ0n) is 15.5. The van der Waals surface area contributed by atoms with Crippen molar-refractivity contribution in [3.8, 4) is 0 Å².